The summed E-state index contributed by atoms with van der Waals surface area (Å²) in [7, 11) is 0. The van der Waals surface area contributed by atoms with Crippen molar-refractivity contribution < 1.29 is 4.74 Å². The molecule has 0 aliphatic carbocycles. The number of ether oxygens (including phenoxy) is 1. The van der Waals surface area contributed by atoms with E-state index < -0.39 is 0 Å². The molecule has 0 saturated carbocycles. The molecule has 1 aromatic carbocycles. The predicted molar refractivity (Wildman–Crippen MR) is 76.6 cm³/mol. The Labute approximate surface area is 115 Å². The number of halogens is 1. The Morgan fingerprint density at radius 1 is 1.22 bits per heavy atom. The van der Waals surface area contributed by atoms with E-state index in [1.807, 2.05) is 18.2 Å². The SMILES string of the molecule is Cc1ccc(Cl)c(OCCCCN2CCCC2)c1. The molecule has 0 bridgehead atoms. The zero-order valence-electron chi connectivity index (χ0n) is 11.1. The molecule has 1 heterocycles. The molecule has 2 rings (SSSR count). The molecule has 1 aliphatic heterocycles. The minimum atomic E-state index is 0.708. The van der Waals surface area contributed by atoms with E-state index in [0.29, 0.717) is 5.02 Å². The van der Waals surface area contributed by atoms with Crippen molar-refractivity contribution in [2.45, 2.75) is 32.6 Å². The van der Waals surface area contributed by atoms with Crippen LogP contribution in [-0.4, -0.2) is 31.1 Å². The van der Waals surface area contributed by atoms with Crippen LogP contribution in [0.5, 0.6) is 5.75 Å². The van der Waals surface area contributed by atoms with Gasteiger partial charge in [0.1, 0.15) is 5.75 Å². The first-order valence-corrected chi connectivity index (χ1v) is 7.25. The standard InChI is InChI=1S/C15H22ClNO/c1-13-6-7-14(16)15(12-13)18-11-5-4-10-17-8-2-3-9-17/h6-7,12H,2-5,8-11H2,1H3. The molecule has 0 N–H and O–H groups in total. The van der Waals surface area contributed by atoms with Crippen molar-refractivity contribution in [1.29, 1.82) is 0 Å². The van der Waals surface area contributed by atoms with Gasteiger partial charge >= 0.3 is 0 Å². The molecule has 1 fully saturated rings. The van der Waals surface area contributed by atoms with Gasteiger partial charge in [-0.15, -0.1) is 0 Å². The Bertz CT molecular complexity index is 375. The number of nitrogens with zero attached hydrogens (tertiary/aromatic N) is 1. The highest BCUT2D eigenvalue weighted by Crippen LogP contribution is 2.25. The van der Waals surface area contributed by atoms with Crippen LogP contribution in [0.25, 0.3) is 0 Å². The summed E-state index contributed by atoms with van der Waals surface area (Å²) in [6.45, 7) is 6.59. The van der Waals surface area contributed by atoms with Gasteiger partial charge in [-0.3, -0.25) is 0 Å². The predicted octanol–water partition coefficient (Wildman–Crippen LogP) is 3.90. The van der Waals surface area contributed by atoms with Crippen LogP contribution in [0.1, 0.15) is 31.2 Å². The fraction of sp³-hybridized carbons (Fsp3) is 0.600. The van der Waals surface area contributed by atoms with Crippen LogP contribution >= 0.6 is 11.6 Å². The number of benzene rings is 1. The van der Waals surface area contributed by atoms with Gasteiger partial charge in [0.2, 0.25) is 0 Å². The molecule has 1 saturated heterocycles. The Balaban J connectivity index is 1.64. The highest BCUT2D eigenvalue weighted by Gasteiger charge is 2.10. The van der Waals surface area contributed by atoms with E-state index in [-0.39, 0.29) is 0 Å². The lowest BCUT2D eigenvalue weighted by Gasteiger charge is -2.14. The van der Waals surface area contributed by atoms with Crippen LogP contribution in [0, 0.1) is 6.92 Å². The highest BCUT2D eigenvalue weighted by molar-refractivity contribution is 6.32. The van der Waals surface area contributed by atoms with Crippen LogP contribution in [0.15, 0.2) is 18.2 Å². The molecule has 2 nitrogen and oxygen atoms in total. The molecule has 1 aliphatic rings. The molecule has 0 unspecified atom stereocenters. The first-order chi connectivity index (χ1) is 8.75. The van der Waals surface area contributed by atoms with Crippen LogP contribution in [-0.2, 0) is 0 Å². The largest absolute Gasteiger partial charge is 0.492 e. The van der Waals surface area contributed by atoms with Crippen LogP contribution < -0.4 is 4.74 Å². The van der Waals surface area contributed by atoms with Gasteiger partial charge in [-0.1, -0.05) is 17.7 Å². The average Bonchev–Trinajstić information content (AvgIpc) is 2.86. The highest BCUT2D eigenvalue weighted by atomic mass is 35.5. The molecule has 100 valence electrons. The molecular weight excluding hydrogens is 246 g/mol. The lowest BCUT2D eigenvalue weighted by Crippen LogP contribution is -2.20. The van der Waals surface area contributed by atoms with Gasteiger partial charge in [-0.05, 0) is 69.9 Å². The summed E-state index contributed by atoms with van der Waals surface area (Å²) >= 11 is 6.08. The molecule has 0 atom stereocenters. The zero-order chi connectivity index (χ0) is 12.8. The van der Waals surface area contributed by atoms with E-state index >= 15 is 0 Å². The maximum absolute atomic E-state index is 6.08. The average molecular weight is 268 g/mol. The Morgan fingerprint density at radius 3 is 2.78 bits per heavy atom. The second-order valence-corrected chi connectivity index (χ2v) is 5.45. The molecule has 1 aromatic rings. The molecule has 3 heteroatoms. The smallest absolute Gasteiger partial charge is 0.138 e. The molecule has 0 aromatic heterocycles. The third-order valence-corrected chi connectivity index (χ3v) is 3.72. The van der Waals surface area contributed by atoms with Gasteiger partial charge in [-0.2, -0.15) is 0 Å². The summed E-state index contributed by atoms with van der Waals surface area (Å²) in [6.07, 6.45) is 5.05. The quantitative estimate of drug-likeness (QED) is 0.725. The lowest BCUT2D eigenvalue weighted by atomic mass is 10.2. The molecule has 0 spiro atoms. The van der Waals surface area contributed by atoms with Gasteiger partial charge < -0.3 is 9.64 Å². The molecule has 18 heavy (non-hydrogen) atoms. The Hall–Kier alpha value is -0.730. The Morgan fingerprint density at radius 2 is 2.00 bits per heavy atom. The maximum atomic E-state index is 6.08. The van der Waals surface area contributed by atoms with Gasteiger partial charge in [-0.25, -0.2) is 0 Å². The monoisotopic (exact) mass is 267 g/mol. The first kappa shape index (κ1) is 13.7. The van der Waals surface area contributed by atoms with Crippen LogP contribution in [0.2, 0.25) is 5.02 Å². The zero-order valence-corrected chi connectivity index (χ0v) is 11.9. The molecule has 0 radical (unpaired) electrons. The van der Waals surface area contributed by atoms with Crippen molar-refractivity contribution in [3.05, 3.63) is 28.8 Å². The number of aryl methyl sites for hydroxylation is 1. The minimum absolute atomic E-state index is 0.708. The fourth-order valence-corrected chi connectivity index (χ4v) is 2.52. The van der Waals surface area contributed by atoms with Gasteiger partial charge in [0, 0.05) is 0 Å². The first-order valence-electron chi connectivity index (χ1n) is 6.87. The van der Waals surface area contributed by atoms with E-state index in [1.54, 1.807) is 0 Å². The topological polar surface area (TPSA) is 12.5 Å². The van der Waals surface area contributed by atoms with Gasteiger partial charge in [0.15, 0.2) is 0 Å². The van der Waals surface area contributed by atoms with Crippen molar-refractivity contribution in [1.82, 2.24) is 4.90 Å². The third-order valence-electron chi connectivity index (χ3n) is 3.41. The van der Waals surface area contributed by atoms with Crippen LogP contribution in [0.4, 0.5) is 0 Å². The maximum Gasteiger partial charge on any atom is 0.138 e. The van der Waals surface area contributed by atoms with Crippen LogP contribution in [0.3, 0.4) is 0 Å². The lowest BCUT2D eigenvalue weighted by molar-refractivity contribution is 0.280. The number of likely N-dealkylation sites (tertiary alicyclic amines) is 1. The van der Waals surface area contributed by atoms with Gasteiger partial charge in [0.25, 0.3) is 0 Å². The van der Waals surface area contributed by atoms with E-state index in [9.17, 15) is 0 Å². The van der Waals surface area contributed by atoms with Crippen molar-refractivity contribution in [2.75, 3.05) is 26.2 Å². The summed E-state index contributed by atoms with van der Waals surface area (Å²) in [5.41, 5.74) is 1.19. The normalized spacial score (nSPS) is 16.1. The van der Waals surface area contributed by atoms with E-state index in [1.165, 1.54) is 44.5 Å². The summed E-state index contributed by atoms with van der Waals surface area (Å²) in [6, 6.07) is 5.90. The number of hydrogen-bond acceptors (Lipinski definition) is 2. The minimum Gasteiger partial charge on any atom is -0.492 e. The number of rotatable bonds is 6. The van der Waals surface area contributed by atoms with E-state index in [4.69, 9.17) is 16.3 Å². The summed E-state index contributed by atoms with van der Waals surface area (Å²) in [5, 5.41) is 0.708. The van der Waals surface area contributed by atoms with Crippen molar-refractivity contribution in [2.24, 2.45) is 0 Å². The second kappa shape index (κ2) is 7.01. The third kappa shape index (κ3) is 4.18. The molecular formula is C15H22ClNO. The summed E-state index contributed by atoms with van der Waals surface area (Å²) in [4.78, 5) is 2.54. The van der Waals surface area contributed by atoms with Gasteiger partial charge in [0.05, 0.1) is 11.6 Å². The van der Waals surface area contributed by atoms with Crippen molar-refractivity contribution in [3.8, 4) is 5.75 Å². The van der Waals surface area contributed by atoms with Crippen molar-refractivity contribution in [3.63, 3.8) is 0 Å². The van der Waals surface area contributed by atoms with E-state index in [0.717, 1.165) is 18.8 Å². The van der Waals surface area contributed by atoms with E-state index in [2.05, 4.69) is 11.8 Å². The summed E-state index contributed by atoms with van der Waals surface area (Å²) in [5.74, 6) is 0.817. The second-order valence-electron chi connectivity index (χ2n) is 5.04. The van der Waals surface area contributed by atoms with Crippen molar-refractivity contribution >= 4 is 11.6 Å². The number of hydrogen-bond donors (Lipinski definition) is 0. The Kier molecular flexibility index (Phi) is 5.33. The number of unbranched alkanes of at least 4 members (excludes halogenated alkanes) is 1. The summed E-state index contributed by atoms with van der Waals surface area (Å²) < 4.78 is 5.73. The fourth-order valence-electron chi connectivity index (χ4n) is 2.35. The molecule has 0 amide bonds.